The first-order valence-corrected chi connectivity index (χ1v) is 5.34. The van der Waals surface area contributed by atoms with Gasteiger partial charge in [0.1, 0.15) is 5.82 Å². The lowest BCUT2D eigenvalue weighted by Crippen LogP contribution is -2.37. The van der Waals surface area contributed by atoms with Crippen LogP contribution in [0, 0.1) is 5.82 Å². The number of nitrogens with zero attached hydrogens (tertiary/aromatic N) is 2. The van der Waals surface area contributed by atoms with Crippen LogP contribution in [0.4, 0.5) is 4.39 Å². The zero-order chi connectivity index (χ0) is 11.5. The summed E-state index contributed by atoms with van der Waals surface area (Å²) in [6, 6.07) is 1.49. The van der Waals surface area contributed by atoms with Crippen LogP contribution in [0.25, 0.3) is 0 Å². The van der Waals surface area contributed by atoms with E-state index in [1.165, 1.54) is 12.3 Å². The molecule has 1 heterocycles. The highest BCUT2D eigenvalue weighted by atomic mass is 19.1. The molecular weight excluding hydrogens is 209 g/mol. The van der Waals surface area contributed by atoms with Crippen LogP contribution in [0.1, 0.15) is 23.2 Å². The Hall–Kier alpha value is -1.49. The molecule has 1 aromatic rings. The van der Waals surface area contributed by atoms with Gasteiger partial charge in [0, 0.05) is 25.3 Å². The average Bonchev–Trinajstić information content (AvgIpc) is 3.09. The van der Waals surface area contributed by atoms with E-state index in [-0.39, 0.29) is 11.9 Å². The highest BCUT2D eigenvalue weighted by Crippen LogP contribution is 2.27. The molecule has 1 fully saturated rings. The Bertz CT molecular complexity index is 393. The summed E-state index contributed by atoms with van der Waals surface area (Å²) in [6.45, 7) is 0.936. The van der Waals surface area contributed by atoms with Gasteiger partial charge in [0.15, 0.2) is 0 Å². The third-order valence-electron chi connectivity index (χ3n) is 2.57. The minimum absolute atomic E-state index is 0.181. The maximum atomic E-state index is 12.9. The summed E-state index contributed by atoms with van der Waals surface area (Å²) < 4.78 is 12.9. The van der Waals surface area contributed by atoms with E-state index in [1.54, 1.807) is 4.90 Å². The van der Waals surface area contributed by atoms with Crippen LogP contribution in [0.5, 0.6) is 0 Å². The fourth-order valence-corrected chi connectivity index (χ4v) is 1.67. The molecule has 0 atom stereocenters. The Labute approximate surface area is 93.3 Å². The molecule has 4 nitrogen and oxygen atoms in total. The Kier molecular flexibility index (Phi) is 3.14. The van der Waals surface area contributed by atoms with E-state index in [0.29, 0.717) is 18.7 Å². The van der Waals surface area contributed by atoms with Gasteiger partial charge in [-0.15, -0.1) is 0 Å². The molecule has 1 aliphatic carbocycles. The molecule has 2 N–H and O–H groups in total. The van der Waals surface area contributed by atoms with Crippen LogP contribution in [0.3, 0.4) is 0 Å². The monoisotopic (exact) mass is 223 g/mol. The second-order valence-electron chi connectivity index (χ2n) is 3.91. The van der Waals surface area contributed by atoms with Gasteiger partial charge in [-0.2, -0.15) is 0 Å². The first kappa shape index (κ1) is 11.0. The molecule has 0 radical (unpaired) electrons. The number of pyridine rings is 1. The van der Waals surface area contributed by atoms with Gasteiger partial charge in [0.2, 0.25) is 0 Å². The first-order valence-electron chi connectivity index (χ1n) is 5.34. The average molecular weight is 223 g/mol. The number of halogens is 1. The number of carbonyl (C=O) groups excluding carboxylic acids is 1. The third-order valence-corrected chi connectivity index (χ3v) is 2.57. The summed E-state index contributed by atoms with van der Waals surface area (Å²) in [5.41, 5.74) is 5.75. The minimum atomic E-state index is -0.491. The molecule has 0 saturated heterocycles. The molecule has 1 amide bonds. The van der Waals surface area contributed by atoms with Crippen molar-refractivity contribution in [2.45, 2.75) is 18.9 Å². The highest BCUT2D eigenvalue weighted by Gasteiger charge is 2.32. The molecule has 1 saturated carbocycles. The lowest BCUT2D eigenvalue weighted by atomic mass is 10.2. The van der Waals surface area contributed by atoms with Crippen molar-refractivity contribution in [3.05, 3.63) is 29.8 Å². The Morgan fingerprint density at radius 3 is 2.88 bits per heavy atom. The highest BCUT2D eigenvalue weighted by molar-refractivity contribution is 5.94. The molecule has 0 bridgehead atoms. The van der Waals surface area contributed by atoms with Crippen molar-refractivity contribution < 1.29 is 9.18 Å². The number of hydrogen-bond donors (Lipinski definition) is 1. The quantitative estimate of drug-likeness (QED) is 0.820. The summed E-state index contributed by atoms with van der Waals surface area (Å²) in [4.78, 5) is 17.4. The van der Waals surface area contributed by atoms with Crippen molar-refractivity contribution in [3.63, 3.8) is 0 Å². The van der Waals surface area contributed by atoms with Crippen LogP contribution in [0.15, 0.2) is 18.5 Å². The molecule has 2 rings (SSSR count). The molecular formula is C11H14FN3O. The lowest BCUT2D eigenvalue weighted by molar-refractivity contribution is 0.0747. The van der Waals surface area contributed by atoms with Crippen molar-refractivity contribution in [1.29, 1.82) is 0 Å². The largest absolute Gasteiger partial charge is 0.334 e. The predicted molar refractivity (Wildman–Crippen MR) is 57.3 cm³/mol. The lowest BCUT2D eigenvalue weighted by Gasteiger charge is -2.21. The summed E-state index contributed by atoms with van der Waals surface area (Å²) >= 11 is 0. The van der Waals surface area contributed by atoms with E-state index in [2.05, 4.69) is 4.98 Å². The molecule has 5 heteroatoms. The number of hydrogen-bond acceptors (Lipinski definition) is 3. The van der Waals surface area contributed by atoms with Crippen molar-refractivity contribution >= 4 is 5.91 Å². The third kappa shape index (κ3) is 2.36. The van der Waals surface area contributed by atoms with Crippen LogP contribution in [-0.2, 0) is 0 Å². The van der Waals surface area contributed by atoms with Gasteiger partial charge in [-0.1, -0.05) is 0 Å². The van der Waals surface area contributed by atoms with Crippen LogP contribution in [-0.4, -0.2) is 34.9 Å². The minimum Gasteiger partial charge on any atom is -0.334 e. The Morgan fingerprint density at radius 2 is 2.31 bits per heavy atom. The number of amides is 1. The fourth-order valence-electron chi connectivity index (χ4n) is 1.67. The molecule has 0 unspecified atom stereocenters. The van der Waals surface area contributed by atoms with E-state index in [0.717, 1.165) is 19.0 Å². The van der Waals surface area contributed by atoms with Crippen molar-refractivity contribution in [2.75, 3.05) is 13.1 Å². The zero-order valence-electron chi connectivity index (χ0n) is 8.90. The van der Waals surface area contributed by atoms with Crippen LogP contribution in [0.2, 0.25) is 0 Å². The maximum absolute atomic E-state index is 12.9. The van der Waals surface area contributed by atoms with E-state index in [9.17, 15) is 9.18 Å². The summed E-state index contributed by atoms with van der Waals surface area (Å²) in [7, 11) is 0. The van der Waals surface area contributed by atoms with Gasteiger partial charge in [-0.05, 0) is 18.9 Å². The van der Waals surface area contributed by atoms with Crippen molar-refractivity contribution in [1.82, 2.24) is 9.88 Å². The molecule has 16 heavy (non-hydrogen) atoms. The Morgan fingerprint density at radius 1 is 1.56 bits per heavy atom. The second kappa shape index (κ2) is 4.57. The van der Waals surface area contributed by atoms with Gasteiger partial charge in [-0.25, -0.2) is 4.39 Å². The van der Waals surface area contributed by atoms with Crippen LogP contribution >= 0.6 is 0 Å². The fraction of sp³-hybridized carbons (Fsp3) is 0.455. The van der Waals surface area contributed by atoms with Gasteiger partial charge in [-0.3, -0.25) is 9.78 Å². The van der Waals surface area contributed by atoms with E-state index < -0.39 is 5.82 Å². The van der Waals surface area contributed by atoms with Gasteiger partial charge >= 0.3 is 0 Å². The normalized spacial score (nSPS) is 14.9. The summed E-state index contributed by atoms with van der Waals surface area (Å²) in [6.07, 6.45) is 4.49. The molecule has 0 spiro atoms. The van der Waals surface area contributed by atoms with Crippen molar-refractivity contribution in [3.8, 4) is 0 Å². The Balaban J connectivity index is 2.15. The van der Waals surface area contributed by atoms with E-state index >= 15 is 0 Å². The molecule has 0 aromatic carbocycles. The summed E-state index contributed by atoms with van der Waals surface area (Å²) in [5.74, 6) is -0.672. The molecule has 86 valence electrons. The molecule has 1 aromatic heterocycles. The molecule has 1 aliphatic rings. The SMILES string of the molecule is NCCN(C(=O)c1cncc(F)c1)C1CC1. The zero-order valence-corrected chi connectivity index (χ0v) is 8.90. The topological polar surface area (TPSA) is 59.2 Å². The maximum Gasteiger partial charge on any atom is 0.255 e. The van der Waals surface area contributed by atoms with Gasteiger partial charge < -0.3 is 10.6 Å². The number of aromatic nitrogens is 1. The second-order valence-corrected chi connectivity index (χ2v) is 3.91. The van der Waals surface area contributed by atoms with Crippen molar-refractivity contribution in [2.24, 2.45) is 5.73 Å². The van der Waals surface area contributed by atoms with Crippen LogP contribution < -0.4 is 5.73 Å². The first-order chi connectivity index (χ1) is 7.72. The van der Waals surface area contributed by atoms with Gasteiger partial charge in [0.25, 0.3) is 5.91 Å². The number of rotatable bonds is 4. The smallest absolute Gasteiger partial charge is 0.255 e. The number of nitrogens with two attached hydrogens (primary N) is 1. The predicted octanol–water partition coefficient (Wildman–Crippen LogP) is 0.784. The summed E-state index contributed by atoms with van der Waals surface area (Å²) in [5, 5.41) is 0. The van der Waals surface area contributed by atoms with E-state index in [1.807, 2.05) is 0 Å². The van der Waals surface area contributed by atoms with E-state index in [4.69, 9.17) is 5.73 Å². The molecule has 0 aliphatic heterocycles. The standard InChI is InChI=1S/C11H14FN3O/c12-9-5-8(6-14-7-9)11(16)15(4-3-13)10-1-2-10/h5-7,10H,1-4,13H2. The van der Waals surface area contributed by atoms with Gasteiger partial charge in [0.05, 0.1) is 11.8 Å². The number of carbonyl (C=O) groups is 1.